The molecule has 0 bridgehead atoms. The van der Waals surface area contributed by atoms with E-state index in [2.05, 4.69) is 23.5 Å². The fourth-order valence-electron chi connectivity index (χ4n) is 1.31. The van der Waals surface area contributed by atoms with Crippen molar-refractivity contribution in [3.05, 3.63) is 30.1 Å². The van der Waals surface area contributed by atoms with Crippen molar-refractivity contribution in [1.82, 2.24) is 10.3 Å². The molecule has 0 radical (unpaired) electrons. The van der Waals surface area contributed by atoms with Crippen molar-refractivity contribution in [3.8, 4) is 0 Å². The van der Waals surface area contributed by atoms with Crippen molar-refractivity contribution in [2.45, 2.75) is 13.5 Å². The average Bonchev–Trinajstić information content (AvgIpc) is 2.20. The van der Waals surface area contributed by atoms with E-state index in [9.17, 15) is 0 Å². The lowest BCUT2D eigenvalue weighted by atomic mass is 10.2. The van der Waals surface area contributed by atoms with Crippen LogP contribution >= 0.6 is 11.8 Å². The number of pyridine rings is 1. The minimum Gasteiger partial charge on any atom is -0.312 e. The van der Waals surface area contributed by atoms with Crippen LogP contribution in [0.1, 0.15) is 12.5 Å². The van der Waals surface area contributed by atoms with Gasteiger partial charge in [-0.05, 0) is 42.2 Å². The topological polar surface area (TPSA) is 24.9 Å². The predicted octanol–water partition coefficient (Wildman–Crippen LogP) is 2.17. The van der Waals surface area contributed by atoms with E-state index in [0.717, 1.165) is 19.0 Å². The Labute approximate surface area is 90.5 Å². The highest BCUT2D eigenvalue weighted by atomic mass is 32.2. The van der Waals surface area contributed by atoms with Gasteiger partial charge in [0.05, 0.1) is 0 Å². The van der Waals surface area contributed by atoms with Crippen molar-refractivity contribution in [2.24, 2.45) is 5.92 Å². The predicted molar refractivity (Wildman–Crippen MR) is 63.5 cm³/mol. The molecule has 0 spiro atoms. The first-order chi connectivity index (χ1) is 6.83. The van der Waals surface area contributed by atoms with E-state index < -0.39 is 0 Å². The van der Waals surface area contributed by atoms with E-state index in [-0.39, 0.29) is 0 Å². The molecule has 1 atom stereocenters. The van der Waals surface area contributed by atoms with Gasteiger partial charge in [-0.15, -0.1) is 0 Å². The highest BCUT2D eigenvalue weighted by Gasteiger charge is 1.99. The molecule has 1 unspecified atom stereocenters. The van der Waals surface area contributed by atoms with E-state index in [0.29, 0.717) is 0 Å². The molecule has 14 heavy (non-hydrogen) atoms. The SMILES string of the molecule is CSCC(C)CNCc1ccncc1. The molecular formula is C11H18N2S. The van der Waals surface area contributed by atoms with Gasteiger partial charge in [0.1, 0.15) is 0 Å². The van der Waals surface area contributed by atoms with Gasteiger partial charge < -0.3 is 5.32 Å². The van der Waals surface area contributed by atoms with Crippen molar-refractivity contribution in [2.75, 3.05) is 18.6 Å². The lowest BCUT2D eigenvalue weighted by Crippen LogP contribution is -2.21. The van der Waals surface area contributed by atoms with Crippen LogP contribution in [0.25, 0.3) is 0 Å². The Kier molecular flexibility index (Phi) is 5.64. The second kappa shape index (κ2) is 6.85. The zero-order chi connectivity index (χ0) is 10.2. The minimum atomic E-state index is 0.742. The molecule has 0 saturated heterocycles. The summed E-state index contributed by atoms with van der Waals surface area (Å²) in [6.07, 6.45) is 5.82. The van der Waals surface area contributed by atoms with Gasteiger partial charge in [-0.1, -0.05) is 6.92 Å². The molecule has 0 saturated carbocycles. The summed E-state index contributed by atoms with van der Waals surface area (Å²) in [5.74, 6) is 1.97. The summed E-state index contributed by atoms with van der Waals surface area (Å²) < 4.78 is 0. The van der Waals surface area contributed by atoms with Crippen molar-refractivity contribution >= 4 is 11.8 Å². The van der Waals surface area contributed by atoms with Crippen LogP contribution in [-0.4, -0.2) is 23.5 Å². The number of hydrogen-bond donors (Lipinski definition) is 1. The number of aromatic nitrogens is 1. The molecule has 78 valence electrons. The van der Waals surface area contributed by atoms with Crippen LogP contribution in [0.2, 0.25) is 0 Å². The molecule has 1 N–H and O–H groups in total. The van der Waals surface area contributed by atoms with Crippen molar-refractivity contribution in [1.29, 1.82) is 0 Å². The molecule has 1 aromatic heterocycles. The largest absolute Gasteiger partial charge is 0.312 e. The third-order valence-corrected chi connectivity index (χ3v) is 2.92. The van der Waals surface area contributed by atoms with E-state index in [1.54, 1.807) is 0 Å². The molecule has 0 amide bonds. The first-order valence-electron chi connectivity index (χ1n) is 4.91. The van der Waals surface area contributed by atoms with Crippen molar-refractivity contribution < 1.29 is 0 Å². The zero-order valence-corrected chi connectivity index (χ0v) is 9.68. The second-order valence-corrected chi connectivity index (χ2v) is 4.46. The van der Waals surface area contributed by atoms with Gasteiger partial charge in [0, 0.05) is 18.9 Å². The maximum atomic E-state index is 3.99. The third kappa shape index (κ3) is 4.63. The smallest absolute Gasteiger partial charge is 0.0271 e. The first kappa shape index (κ1) is 11.5. The Morgan fingerprint density at radius 2 is 2.14 bits per heavy atom. The molecule has 1 heterocycles. The van der Waals surface area contributed by atoms with Crippen LogP contribution in [0.3, 0.4) is 0 Å². The summed E-state index contributed by atoms with van der Waals surface area (Å²) in [7, 11) is 0. The summed E-state index contributed by atoms with van der Waals surface area (Å²) in [5.41, 5.74) is 1.30. The van der Waals surface area contributed by atoms with E-state index in [1.807, 2.05) is 36.3 Å². The summed E-state index contributed by atoms with van der Waals surface area (Å²) in [5, 5.41) is 3.45. The summed E-state index contributed by atoms with van der Waals surface area (Å²) in [6.45, 7) is 4.31. The lowest BCUT2D eigenvalue weighted by Gasteiger charge is -2.10. The van der Waals surface area contributed by atoms with E-state index >= 15 is 0 Å². The number of rotatable bonds is 6. The molecule has 0 aliphatic carbocycles. The van der Waals surface area contributed by atoms with Crippen LogP contribution < -0.4 is 5.32 Å². The fraction of sp³-hybridized carbons (Fsp3) is 0.545. The standard InChI is InChI=1S/C11H18N2S/c1-10(9-14-2)7-13-8-11-3-5-12-6-4-11/h3-6,10,13H,7-9H2,1-2H3. The quantitative estimate of drug-likeness (QED) is 0.779. The van der Waals surface area contributed by atoms with Crippen molar-refractivity contribution in [3.63, 3.8) is 0 Å². The minimum absolute atomic E-state index is 0.742. The Morgan fingerprint density at radius 3 is 2.79 bits per heavy atom. The molecule has 0 aliphatic heterocycles. The number of hydrogen-bond acceptors (Lipinski definition) is 3. The molecule has 0 aromatic carbocycles. The van der Waals surface area contributed by atoms with E-state index in [1.165, 1.54) is 11.3 Å². The molecule has 0 fully saturated rings. The summed E-state index contributed by atoms with van der Waals surface area (Å²) in [4.78, 5) is 3.99. The maximum Gasteiger partial charge on any atom is 0.0271 e. The average molecular weight is 210 g/mol. The maximum absolute atomic E-state index is 3.99. The van der Waals surface area contributed by atoms with Gasteiger partial charge in [0.15, 0.2) is 0 Å². The molecule has 1 aromatic rings. The molecule has 3 heteroatoms. The third-order valence-electron chi connectivity index (χ3n) is 2.02. The van der Waals surface area contributed by atoms with Crippen LogP contribution in [0.4, 0.5) is 0 Å². The number of nitrogens with zero attached hydrogens (tertiary/aromatic N) is 1. The Morgan fingerprint density at radius 1 is 1.43 bits per heavy atom. The van der Waals surface area contributed by atoms with Gasteiger partial charge in [-0.2, -0.15) is 11.8 Å². The molecule has 2 nitrogen and oxygen atoms in total. The molecule has 1 rings (SSSR count). The summed E-state index contributed by atoms with van der Waals surface area (Å²) in [6, 6.07) is 4.10. The number of nitrogens with one attached hydrogen (secondary N) is 1. The van der Waals surface area contributed by atoms with Gasteiger partial charge in [-0.25, -0.2) is 0 Å². The van der Waals surface area contributed by atoms with Gasteiger partial charge in [0.25, 0.3) is 0 Å². The van der Waals surface area contributed by atoms with Gasteiger partial charge >= 0.3 is 0 Å². The van der Waals surface area contributed by atoms with Gasteiger partial charge in [0.2, 0.25) is 0 Å². The van der Waals surface area contributed by atoms with Crippen LogP contribution in [0.5, 0.6) is 0 Å². The molecular weight excluding hydrogens is 192 g/mol. The first-order valence-corrected chi connectivity index (χ1v) is 6.31. The van der Waals surface area contributed by atoms with Crippen LogP contribution in [0.15, 0.2) is 24.5 Å². The Balaban J connectivity index is 2.16. The number of thioether (sulfide) groups is 1. The summed E-state index contributed by atoms with van der Waals surface area (Å²) >= 11 is 1.91. The second-order valence-electron chi connectivity index (χ2n) is 3.55. The van der Waals surface area contributed by atoms with E-state index in [4.69, 9.17) is 0 Å². The normalized spacial score (nSPS) is 12.7. The highest BCUT2D eigenvalue weighted by Crippen LogP contribution is 2.03. The van der Waals surface area contributed by atoms with Crippen LogP contribution in [0, 0.1) is 5.92 Å². The zero-order valence-electron chi connectivity index (χ0n) is 8.86. The molecule has 0 aliphatic rings. The monoisotopic (exact) mass is 210 g/mol. The highest BCUT2D eigenvalue weighted by molar-refractivity contribution is 7.98. The lowest BCUT2D eigenvalue weighted by molar-refractivity contribution is 0.559. The fourth-order valence-corrected chi connectivity index (χ4v) is 1.99. The van der Waals surface area contributed by atoms with Crippen LogP contribution in [-0.2, 0) is 6.54 Å². The van der Waals surface area contributed by atoms with Gasteiger partial charge in [-0.3, -0.25) is 4.98 Å². The Hall–Kier alpha value is -0.540. The Bertz CT molecular complexity index is 238.